The second-order valence-corrected chi connectivity index (χ2v) is 5.41. The highest BCUT2D eigenvalue weighted by atomic mass is 16.5. The van der Waals surface area contributed by atoms with Crippen molar-refractivity contribution in [1.82, 2.24) is 10.6 Å². The molecule has 0 aliphatic heterocycles. The van der Waals surface area contributed by atoms with Gasteiger partial charge < -0.3 is 24.8 Å². The lowest BCUT2D eigenvalue weighted by Crippen LogP contribution is -2.38. The van der Waals surface area contributed by atoms with E-state index in [1.54, 1.807) is 0 Å². The molecule has 0 heterocycles. The number of nitrogens with zero attached hydrogens (tertiary/aromatic N) is 1. The highest BCUT2D eigenvalue weighted by molar-refractivity contribution is 5.80. The minimum absolute atomic E-state index is 0.262. The molecule has 0 unspecified atom stereocenters. The molecule has 0 saturated carbocycles. The molecule has 0 atom stereocenters. The standard InChI is InChI=1S/C19H31N3O4/c1-5-20-19(22-13-11-18(23)24-4)21-12-10-15-8-9-16(25-6-2)17(14-15)26-7-3/h8-9,14H,5-7,10-13H2,1-4H3,(H2,20,21,22). The zero-order chi connectivity index (χ0) is 19.2. The smallest absolute Gasteiger partial charge is 0.307 e. The maximum absolute atomic E-state index is 11.2. The number of nitrogens with one attached hydrogen (secondary N) is 2. The summed E-state index contributed by atoms with van der Waals surface area (Å²) in [5.74, 6) is 1.96. The van der Waals surface area contributed by atoms with E-state index in [-0.39, 0.29) is 12.4 Å². The molecule has 0 saturated heterocycles. The number of guanidine groups is 1. The number of rotatable bonds is 11. The Hall–Kier alpha value is -2.44. The van der Waals surface area contributed by atoms with E-state index in [0.29, 0.717) is 32.3 Å². The lowest BCUT2D eigenvalue weighted by atomic mass is 10.1. The van der Waals surface area contributed by atoms with Crippen molar-refractivity contribution in [2.45, 2.75) is 33.6 Å². The summed E-state index contributed by atoms with van der Waals surface area (Å²) in [7, 11) is 1.38. The number of methoxy groups -OCH3 is 1. The van der Waals surface area contributed by atoms with E-state index in [1.807, 2.05) is 39.0 Å². The molecule has 0 radical (unpaired) electrons. The van der Waals surface area contributed by atoms with Crippen molar-refractivity contribution in [3.8, 4) is 11.5 Å². The number of benzene rings is 1. The summed E-state index contributed by atoms with van der Waals surface area (Å²) in [6.45, 7) is 8.96. The lowest BCUT2D eigenvalue weighted by molar-refractivity contribution is -0.140. The number of hydrogen-bond acceptors (Lipinski definition) is 5. The van der Waals surface area contributed by atoms with Gasteiger partial charge in [0.15, 0.2) is 17.5 Å². The first-order valence-electron chi connectivity index (χ1n) is 9.12. The second-order valence-electron chi connectivity index (χ2n) is 5.41. The Labute approximate surface area is 156 Å². The molecule has 0 spiro atoms. The Bertz CT molecular complexity index is 576. The normalized spacial score (nSPS) is 11.0. The Morgan fingerprint density at radius 3 is 2.46 bits per heavy atom. The molecule has 0 aliphatic carbocycles. The van der Waals surface area contributed by atoms with E-state index in [1.165, 1.54) is 7.11 Å². The zero-order valence-corrected chi connectivity index (χ0v) is 16.3. The molecule has 0 amide bonds. The molecule has 1 aromatic rings. The van der Waals surface area contributed by atoms with Crippen LogP contribution in [0.1, 0.15) is 32.8 Å². The van der Waals surface area contributed by atoms with Gasteiger partial charge in [-0.3, -0.25) is 9.79 Å². The topological polar surface area (TPSA) is 81.2 Å². The van der Waals surface area contributed by atoms with Gasteiger partial charge in [-0.2, -0.15) is 0 Å². The van der Waals surface area contributed by atoms with Gasteiger partial charge in [0.1, 0.15) is 0 Å². The molecule has 1 aromatic carbocycles. The lowest BCUT2D eigenvalue weighted by Gasteiger charge is -2.14. The monoisotopic (exact) mass is 365 g/mol. The van der Waals surface area contributed by atoms with Crippen molar-refractivity contribution in [3.05, 3.63) is 23.8 Å². The molecule has 7 heteroatoms. The first-order valence-corrected chi connectivity index (χ1v) is 9.12. The van der Waals surface area contributed by atoms with Gasteiger partial charge in [0.25, 0.3) is 0 Å². The quantitative estimate of drug-likeness (QED) is 0.355. The highest BCUT2D eigenvalue weighted by Crippen LogP contribution is 2.28. The molecule has 0 aromatic heterocycles. The average Bonchev–Trinajstić information content (AvgIpc) is 2.64. The predicted octanol–water partition coefficient (Wildman–Crippen LogP) is 2.14. The van der Waals surface area contributed by atoms with Crippen LogP contribution in [-0.4, -0.2) is 51.9 Å². The van der Waals surface area contributed by atoms with E-state index < -0.39 is 0 Å². The van der Waals surface area contributed by atoms with Gasteiger partial charge >= 0.3 is 5.97 Å². The molecular formula is C19H31N3O4. The van der Waals surface area contributed by atoms with Crippen LogP contribution >= 0.6 is 0 Å². The van der Waals surface area contributed by atoms with Crippen LogP contribution in [0.25, 0.3) is 0 Å². The Kier molecular flexibility index (Phi) is 10.7. The van der Waals surface area contributed by atoms with Crippen LogP contribution in [-0.2, 0) is 16.0 Å². The van der Waals surface area contributed by atoms with Crippen LogP contribution in [0, 0.1) is 0 Å². The maximum atomic E-state index is 11.2. The van der Waals surface area contributed by atoms with Crippen molar-refractivity contribution in [2.24, 2.45) is 4.99 Å². The highest BCUT2D eigenvalue weighted by Gasteiger charge is 2.06. The third-order valence-electron chi connectivity index (χ3n) is 3.47. The number of carbonyl (C=O) groups is 1. The molecule has 7 nitrogen and oxygen atoms in total. The Morgan fingerprint density at radius 2 is 1.81 bits per heavy atom. The first-order chi connectivity index (χ1) is 12.6. The average molecular weight is 365 g/mol. The zero-order valence-electron chi connectivity index (χ0n) is 16.3. The fourth-order valence-electron chi connectivity index (χ4n) is 2.28. The molecule has 0 aliphatic rings. The van der Waals surface area contributed by atoms with Crippen LogP contribution in [0.5, 0.6) is 11.5 Å². The number of ether oxygens (including phenoxy) is 3. The van der Waals surface area contributed by atoms with Gasteiger partial charge in [0.2, 0.25) is 0 Å². The van der Waals surface area contributed by atoms with Crippen molar-refractivity contribution in [2.75, 3.05) is 40.0 Å². The van der Waals surface area contributed by atoms with E-state index in [9.17, 15) is 4.79 Å². The summed E-state index contributed by atoms with van der Waals surface area (Å²) in [6, 6.07) is 5.99. The van der Waals surface area contributed by atoms with Gasteiger partial charge in [0.05, 0.1) is 33.3 Å². The summed E-state index contributed by atoms with van der Waals surface area (Å²) < 4.78 is 15.9. The molecule has 2 N–H and O–H groups in total. The molecule has 1 rings (SSSR count). The van der Waals surface area contributed by atoms with Crippen LogP contribution in [0.4, 0.5) is 0 Å². The fraction of sp³-hybridized carbons (Fsp3) is 0.579. The molecule has 26 heavy (non-hydrogen) atoms. The van der Waals surface area contributed by atoms with Crippen LogP contribution < -0.4 is 20.1 Å². The van der Waals surface area contributed by atoms with Gasteiger partial charge in [-0.15, -0.1) is 0 Å². The first kappa shape index (κ1) is 21.6. The van der Waals surface area contributed by atoms with Crippen molar-refractivity contribution < 1.29 is 19.0 Å². The number of esters is 1. The molecule has 0 bridgehead atoms. The summed E-state index contributed by atoms with van der Waals surface area (Å²) in [5, 5.41) is 6.43. The minimum atomic E-state index is -0.262. The van der Waals surface area contributed by atoms with E-state index in [4.69, 9.17) is 9.47 Å². The third kappa shape index (κ3) is 8.09. The van der Waals surface area contributed by atoms with Crippen molar-refractivity contribution in [3.63, 3.8) is 0 Å². The van der Waals surface area contributed by atoms with Gasteiger partial charge in [0, 0.05) is 13.1 Å². The van der Waals surface area contributed by atoms with E-state index in [0.717, 1.165) is 30.0 Å². The second kappa shape index (κ2) is 12.9. The SMILES string of the molecule is CCNC(=NCCC(=O)OC)NCCc1ccc(OCC)c(OCC)c1. The van der Waals surface area contributed by atoms with Crippen LogP contribution in [0.15, 0.2) is 23.2 Å². The van der Waals surface area contributed by atoms with Gasteiger partial charge in [-0.1, -0.05) is 6.07 Å². The number of aliphatic imine (C=N–C) groups is 1. The molecule has 146 valence electrons. The van der Waals surface area contributed by atoms with Crippen LogP contribution in [0.3, 0.4) is 0 Å². The van der Waals surface area contributed by atoms with Crippen molar-refractivity contribution >= 4 is 11.9 Å². The van der Waals surface area contributed by atoms with E-state index >= 15 is 0 Å². The summed E-state index contributed by atoms with van der Waals surface area (Å²) in [4.78, 5) is 15.5. The summed E-state index contributed by atoms with van der Waals surface area (Å²) in [5.41, 5.74) is 1.15. The molecular weight excluding hydrogens is 334 g/mol. The minimum Gasteiger partial charge on any atom is -0.490 e. The predicted molar refractivity (Wildman–Crippen MR) is 103 cm³/mol. The largest absolute Gasteiger partial charge is 0.490 e. The molecule has 0 fully saturated rings. The summed E-state index contributed by atoms with van der Waals surface area (Å²) >= 11 is 0. The maximum Gasteiger partial charge on any atom is 0.307 e. The van der Waals surface area contributed by atoms with Gasteiger partial charge in [-0.25, -0.2) is 0 Å². The number of carbonyl (C=O) groups excluding carboxylic acids is 1. The Balaban J connectivity index is 2.58. The van der Waals surface area contributed by atoms with E-state index in [2.05, 4.69) is 20.4 Å². The van der Waals surface area contributed by atoms with Crippen molar-refractivity contribution in [1.29, 1.82) is 0 Å². The summed E-state index contributed by atoms with van der Waals surface area (Å²) in [6.07, 6.45) is 1.08. The van der Waals surface area contributed by atoms with Crippen LogP contribution in [0.2, 0.25) is 0 Å². The Morgan fingerprint density at radius 1 is 1.08 bits per heavy atom. The van der Waals surface area contributed by atoms with Gasteiger partial charge in [-0.05, 0) is 44.9 Å². The number of hydrogen-bond donors (Lipinski definition) is 2. The third-order valence-corrected chi connectivity index (χ3v) is 3.47. The fourth-order valence-corrected chi connectivity index (χ4v) is 2.28.